The van der Waals surface area contributed by atoms with E-state index in [4.69, 9.17) is 0 Å². The van der Waals surface area contributed by atoms with Crippen molar-refractivity contribution in [1.29, 1.82) is 0 Å². The fourth-order valence-corrected chi connectivity index (χ4v) is 2.43. The average molecular weight is 333 g/mol. The smallest absolute Gasteiger partial charge is 0.247 e. The maximum Gasteiger partial charge on any atom is 0.247 e. The van der Waals surface area contributed by atoms with Crippen molar-refractivity contribution in [2.24, 2.45) is 7.05 Å². The summed E-state index contributed by atoms with van der Waals surface area (Å²) in [6.07, 6.45) is 4.63. The minimum absolute atomic E-state index is 0.277. The van der Waals surface area contributed by atoms with Crippen molar-refractivity contribution < 1.29 is 9.18 Å². The molecule has 2 aromatic heterocycles. The molecule has 0 saturated carbocycles. The zero-order chi connectivity index (χ0) is 18.0. The van der Waals surface area contributed by atoms with Gasteiger partial charge in [0.25, 0.3) is 0 Å². The Morgan fingerprint density at radius 1 is 1.36 bits per heavy atom. The van der Waals surface area contributed by atoms with Gasteiger partial charge in [-0.3, -0.25) is 4.79 Å². The SMILES string of the molecule is C=CC(=O)Nc1cnc2c(c1)c(C#Cc1ccc(C)c(F)c1)cn2C. The Labute approximate surface area is 145 Å². The van der Waals surface area contributed by atoms with Crippen molar-refractivity contribution in [3.63, 3.8) is 0 Å². The molecule has 0 atom stereocenters. The third-order valence-corrected chi connectivity index (χ3v) is 3.78. The predicted molar refractivity (Wildman–Crippen MR) is 96.7 cm³/mol. The highest BCUT2D eigenvalue weighted by Gasteiger charge is 2.08. The molecule has 25 heavy (non-hydrogen) atoms. The highest BCUT2D eigenvalue weighted by Crippen LogP contribution is 2.22. The second kappa shape index (κ2) is 6.62. The molecule has 1 amide bonds. The summed E-state index contributed by atoms with van der Waals surface area (Å²) in [6, 6.07) is 6.71. The van der Waals surface area contributed by atoms with Crippen LogP contribution in [0.4, 0.5) is 10.1 Å². The monoisotopic (exact) mass is 333 g/mol. The van der Waals surface area contributed by atoms with Gasteiger partial charge in [0.1, 0.15) is 11.5 Å². The van der Waals surface area contributed by atoms with Crippen LogP contribution in [0.15, 0.2) is 49.3 Å². The minimum Gasteiger partial charge on any atom is -0.334 e. The number of nitrogens with one attached hydrogen (secondary N) is 1. The van der Waals surface area contributed by atoms with Gasteiger partial charge < -0.3 is 9.88 Å². The first-order chi connectivity index (χ1) is 12.0. The standard InChI is InChI=1S/C20H16FN3O/c1-4-19(25)23-16-10-17-15(12-24(3)20(17)22-11-16)8-7-14-6-5-13(2)18(21)9-14/h4-6,9-12H,1H2,2-3H3,(H,23,25). The van der Waals surface area contributed by atoms with Crippen molar-refractivity contribution in [3.05, 3.63) is 71.8 Å². The van der Waals surface area contributed by atoms with E-state index < -0.39 is 0 Å². The molecule has 2 heterocycles. The van der Waals surface area contributed by atoms with Gasteiger partial charge in [-0.2, -0.15) is 0 Å². The maximum atomic E-state index is 13.6. The molecule has 0 unspecified atom stereocenters. The Balaban J connectivity index is 2.02. The number of rotatable bonds is 2. The number of pyridine rings is 1. The fraction of sp³-hybridized carbons (Fsp3) is 0.100. The van der Waals surface area contributed by atoms with Crippen LogP contribution in [0, 0.1) is 24.6 Å². The summed E-state index contributed by atoms with van der Waals surface area (Å²) in [6.45, 7) is 5.14. The largest absolute Gasteiger partial charge is 0.334 e. The first-order valence-electron chi connectivity index (χ1n) is 7.64. The molecule has 0 spiro atoms. The quantitative estimate of drug-likeness (QED) is 0.576. The number of fused-ring (bicyclic) bond motifs is 1. The molecule has 3 rings (SSSR count). The van der Waals surface area contributed by atoms with Crippen LogP contribution in [-0.2, 0) is 11.8 Å². The van der Waals surface area contributed by atoms with Gasteiger partial charge in [-0.15, -0.1) is 0 Å². The summed E-state index contributed by atoms with van der Waals surface area (Å²) in [7, 11) is 1.87. The van der Waals surface area contributed by atoms with Crippen molar-refractivity contribution >= 4 is 22.6 Å². The maximum absolute atomic E-state index is 13.6. The number of anilines is 1. The lowest BCUT2D eigenvalue weighted by Crippen LogP contribution is -2.07. The van der Waals surface area contributed by atoms with E-state index in [0.717, 1.165) is 16.6 Å². The van der Waals surface area contributed by atoms with Crippen LogP contribution in [0.3, 0.4) is 0 Å². The minimum atomic E-state index is -0.306. The molecule has 5 heteroatoms. The van der Waals surface area contributed by atoms with Gasteiger partial charge in [-0.1, -0.05) is 24.5 Å². The summed E-state index contributed by atoms with van der Waals surface area (Å²) in [4.78, 5) is 15.8. The molecule has 0 saturated heterocycles. The lowest BCUT2D eigenvalue weighted by atomic mass is 10.1. The van der Waals surface area contributed by atoms with Crippen LogP contribution in [0.25, 0.3) is 11.0 Å². The van der Waals surface area contributed by atoms with Gasteiger partial charge in [0.05, 0.1) is 17.4 Å². The number of hydrogen-bond acceptors (Lipinski definition) is 2. The van der Waals surface area contributed by atoms with E-state index in [1.165, 1.54) is 12.1 Å². The Hall–Kier alpha value is -3.39. The number of benzene rings is 1. The van der Waals surface area contributed by atoms with Gasteiger partial charge in [-0.05, 0) is 36.8 Å². The van der Waals surface area contributed by atoms with Gasteiger partial charge in [-0.25, -0.2) is 9.37 Å². The topological polar surface area (TPSA) is 46.9 Å². The first-order valence-corrected chi connectivity index (χ1v) is 7.64. The van der Waals surface area contributed by atoms with Gasteiger partial charge in [0, 0.05) is 24.2 Å². The molecule has 0 radical (unpaired) electrons. The van der Waals surface area contributed by atoms with Crippen molar-refractivity contribution in [2.45, 2.75) is 6.92 Å². The van der Waals surface area contributed by atoms with Gasteiger partial charge >= 0.3 is 0 Å². The van der Waals surface area contributed by atoms with E-state index >= 15 is 0 Å². The van der Waals surface area contributed by atoms with E-state index in [1.54, 1.807) is 25.3 Å². The highest BCUT2D eigenvalue weighted by molar-refractivity contribution is 6.00. The number of carbonyl (C=O) groups is 1. The second-order valence-corrected chi connectivity index (χ2v) is 5.66. The molecule has 1 N–H and O–H groups in total. The lowest BCUT2D eigenvalue weighted by Gasteiger charge is -2.02. The molecule has 0 aliphatic rings. The number of aromatic nitrogens is 2. The highest BCUT2D eigenvalue weighted by atomic mass is 19.1. The van der Waals surface area contributed by atoms with Crippen molar-refractivity contribution in [3.8, 4) is 11.8 Å². The van der Waals surface area contributed by atoms with Gasteiger partial charge in [0.15, 0.2) is 0 Å². The van der Waals surface area contributed by atoms with Crippen LogP contribution in [0.2, 0.25) is 0 Å². The molecule has 4 nitrogen and oxygen atoms in total. The average Bonchev–Trinajstić information content (AvgIpc) is 2.91. The number of carbonyl (C=O) groups excluding carboxylic acids is 1. The van der Waals surface area contributed by atoms with Crippen LogP contribution in [0.5, 0.6) is 0 Å². The predicted octanol–water partition coefficient (Wildman–Crippen LogP) is 3.55. The summed E-state index contributed by atoms with van der Waals surface area (Å²) in [5.41, 5.74) is 3.25. The van der Waals surface area contributed by atoms with Gasteiger partial charge in [0.2, 0.25) is 5.91 Å². The number of nitrogens with zero attached hydrogens (tertiary/aromatic N) is 2. The Morgan fingerprint density at radius 2 is 2.16 bits per heavy atom. The Bertz CT molecular complexity index is 1050. The zero-order valence-electron chi connectivity index (χ0n) is 13.9. The molecule has 124 valence electrons. The molecule has 1 aromatic carbocycles. The molecule has 3 aromatic rings. The fourth-order valence-electron chi connectivity index (χ4n) is 2.43. The van der Waals surface area contributed by atoms with E-state index in [1.807, 2.05) is 23.9 Å². The van der Waals surface area contributed by atoms with Crippen molar-refractivity contribution in [1.82, 2.24) is 9.55 Å². The van der Waals surface area contributed by atoms with E-state index in [9.17, 15) is 9.18 Å². The number of aryl methyl sites for hydroxylation is 2. The molecule has 0 fully saturated rings. The summed E-state index contributed by atoms with van der Waals surface area (Å²) < 4.78 is 15.5. The summed E-state index contributed by atoms with van der Waals surface area (Å²) >= 11 is 0. The van der Waals surface area contributed by atoms with Crippen LogP contribution in [0.1, 0.15) is 16.7 Å². The van der Waals surface area contributed by atoms with E-state index in [0.29, 0.717) is 16.8 Å². The summed E-state index contributed by atoms with van der Waals surface area (Å²) in [5.74, 6) is 5.44. The number of halogens is 1. The molecular formula is C20H16FN3O. The molecule has 0 aliphatic carbocycles. The molecule has 0 aliphatic heterocycles. The summed E-state index contributed by atoms with van der Waals surface area (Å²) in [5, 5.41) is 3.49. The van der Waals surface area contributed by atoms with Crippen molar-refractivity contribution in [2.75, 3.05) is 5.32 Å². The van der Waals surface area contributed by atoms with E-state index in [2.05, 4.69) is 28.7 Å². The third-order valence-electron chi connectivity index (χ3n) is 3.78. The Kier molecular flexibility index (Phi) is 4.36. The van der Waals surface area contributed by atoms with Crippen LogP contribution < -0.4 is 5.32 Å². The number of amides is 1. The molecule has 0 bridgehead atoms. The first kappa shape index (κ1) is 16.5. The van der Waals surface area contributed by atoms with Crippen LogP contribution >= 0.6 is 0 Å². The second-order valence-electron chi connectivity index (χ2n) is 5.66. The van der Waals surface area contributed by atoms with E-state index in [-0.39, 0.29) is 11.7 Å². The Morgan fingerprint density at radius 3 is 2.88 bits per heavy atom. The zero-order valence-corrected chi connectivity index (χ0v) is 13.9. The lowest BCUT2D eigenvalue weighted by molar-refractivity contribution is -0.111. The molecular weight excluding hydrogens is 317 g/mol. The third kappa shape index (κ3) is 3.43. The normalized spacial score (nSPS) is 10.2. The number of hydrogen-bond donors (Lipinski definition) is 1. The van der Waals surface area contributed by atoms with Crippen LogP contribution in [-0.4, -0.2) is 15.5 Å².